The molecule has 16 heavy (non-hydrogen) atoms. The molecule has 1 aromatic heterocycles. The predicted molar refractivity (Wildman–Crippen MR) is 63.1 cm³/mol. The van der Waals surface area contributed by atoms with E-state index in [2.05, 4.69) is 16.9 Å². The third kappa shape index (κ3) is 2.96. The lowest BCUT2D eigenvalue weighted by Gasteiger charge is -2.32. The number of aromatic nitrogens is 2. The van der Waals surface area contributed by atoms with Crippen LogP contribution in [0.25, 0.3) is 0 Å². The third-order valence-electron chi connectivity index (χ3n) is 2.98. The molecule has 2 heterocycles. The number of ether oxygens (including phenoxy) is 1. The van der Waals surface area contributed by atoms with Crippen molar-refractivity contribution in [3.63, 3.8) is 0 Å². The highest BCUT2D eigenvalue weighted by molar-refractivity contribution is 5.23. The van der Waals surface area contributed by atoms with Gasteiger partial charge in [0.2, 0.25) is 0 Å². The SMILES string of the molecule is CCC1CN(CCn2ccc(N)n2)CCO1. The van der Waals surface area contributed by atoms with Crippen LogP contribution < -0.4 is 5.73 Å². The maximum atomic E-state index is 5.63. The second-order valence-corrected chi connectivity index (χ2v) is 4.21. The molecule has 0 spiro atoms. The lowest BCUT2D eigenvalue weighted by atomic mass is 10.2. The Morgan fingerprint density at radius 1 is 1.56 bits per heavy atom. The summed E-state index contributed by atoms with van der Waals surface area (Å²) in [7, 11) is 0. The van der Waals surface area contributed by atoms with E-state index in [0.717, 1.165) is 39.2 Å². The molecule has 0 bridgehead atoms. The molecule has 5 nitrogen and oxygen atoms in total. The molecule has 0 aliphatic carbocycles. The van der Waals surface area contributed by atoms with Crippen molar-refractivity contribution in [2.75, 3.05) is 32.0 Å². The van der Waals surface area contributed by atoms with Gasteiger partial charge in [0.1, 0.15) is 5.82 Å². The molecular weight excluding hydrogens is 204 g/mol. The third-order valence-corrected chi connectivity index (χ3v) is 2.98. The Balaban J connectivity index is 1.77. The highest BCUT2D eigenvalue weighted by atomic mass is 16.5. The van der Waals surface area contributed by atoms with Gasteiger partial charge in [-0.15, -0.1) is 0 Å². The van der Waals surface area contributed by atoms with E-state index in [4.69, 9.17) is 10.5 Å². The van der Waals surface area contributed by atoms with Gasteiger partial charge >= 0.3 is 0 Å². The van der Waals surface area contributed by atoms with Crippen LogP contribution in [0, 0.1) is 0 Å². The predicted octanol–water partition coefficient (Wildman–Crippen LogP) is 0.576. The van der Waals surface area contributed by atoms with Crippen molar-refractivity contribution < 1.29 is 4.74 Å². The molecule has 2 rings (SSSR count). The van der Waals surface area contributed by atoms with Crippen LogP contribution in [0.5, 0.6) is 0 Å². The van der Waals surface area contributed by atoms with E-state index < -0.39 is 0 Å². The lowest BCUT2D eigenvalue weighted by Crippen LogP contribution is -2.43. The first-order chi connectivity index (χ1) is 7.78. The smallest absolute Gasteiger partial charge is 0.145 e. The molecule has 1 aliphatic heterocycles. The number of nitrogens with two attached hydrogens (primary N) is 1. The van der Waals surface area contributed by atoms with Gasteiger partial charge in [-0.25, -0.2) is 0 Å². The summed E-state index contributed by atoms with van der Waals surface area (Å²) in [6.45, 7) is 6.98. The molecule has 0 aromatic carbocycles. The molecule has 90 valence electrons. The fourth-order valence-electron chi connectivity index (χ4n) is 1.98. The lowest BCUT2D eigenvalue weighted by molar-refractivity contribution is -0.0306. The molecule has 0 radical (unpaired) electrons. The zero-order chi connectivity index (χ0) is 11.4. The van der Waals surface area contributed by atoms with Crippen LogP contribution in [0.3, 0.4) is 0 Å². The molecule has 0 saturated carbocycles. The number of nitrogens with zero attached hydrogens (tertiary/aromatic N) is 3. The summed E-state index contributed by atoms with van der Waals surface area (Å²) < 4.78 is 7.52. The largest absolute Gasteiger partial charge is 0.382 e. The fourth-order valence-corrected chi connectivity index (χ4v) is 1.98. The molecule has 0 amide bonds. The van der Waals surface area contributed by atoms with Gasteiger partial charge in [-0.1, -0.05) is 6.92 Å². The van der Waals surface area contributed by atoms with E-state index in [1.807, 2.05) is 16.9 Å². The molecule has 2 N–H and O–H groups in total. The summed E-state index contributed by atoms with van der Waals surface area (Å²) in [5.74, 6) is 0.591. The Morgan fingerprint density at radius 2 is 2.44 bits per heavy atom. The number of nitrogen functional groups attached to an aromatic ring is 1. The topological polar surface area (TPSA) is 56.3 Å². The summed E-state index contributed by atoms with van der Waals surface area (Å²) >= 11 is 0. The molecular formula is C11H20N4O. The minimum atomic E-state index is 0.399. The van der Waals surface area contributed by atoms with Gasteiger partial charge in [0.05, 0.1) is 19.3 Å². The number of hydrogen-bond acceptors (Lipinski definition) is 4. The zero-order valence-corrected chi connectivity index (χ0v) is 9.80. The normalized spacial score (nSPS) is 22.4. The Bertz CT molecular complexity index is 326. The van der Waals surface area contributed by atoms with Crippen LogP contribution in [0.1, 0.15) is 13.3 Å². The average molecular weight is 224 g/mol. The van der Waals surface area contributed by atoms with Gasteiger partial charge in [-0.05, 0) is 12.5 Å². The van der Waals surface area contributed by atoms with Crippen molar-refractivity contribution >= 4 is 5.82 Å². The second kappa shape index (κ2) is 5.32. The molecule has 1 fully saturated rings. The highest BCUT2D eigenvalue weighted by Gasteiger charge is 2.18. The Hall–Kier alpha value is -1.07. The standard InChI is InChI=1S/C11H20N4O/c1-2-10-9-14(7-8-16-10)5-6-15-4-3-11(12)13-15/h3-4,10H,2,5-9H2,1H3,(H2,12,13). The monoisotopic (exact) mass is 224 g/mol. The molecule has 1 unspecified atom stereocenters. The Morgan fingerprint density at radius 3 is 3.12 bits per heavy atom. The molecule has 1 atom stereocenters. The molecule has 1 saturated heterocycles. The number of anilines is 1. The van der Waals surface area contributed by atoms with Gasteiger partial charge in [0.15, 0.2) is 0 Å². The Kier molecular flexibility index (Phi) is 3.79. The van der Waals surface area contributed by atoms with Crippen LogP contribution in [-0.4, -0.2) is 47.0 Å². The van der Waals surface area contributed by atoms with E-state index in [1.165, 1.54) is 0 Å². The quantitative estimate of drug-likeness (QED) is 0.812. The highest BCUT2D eigenvalue weighted by Crippen LogP contribution is 2.08. The van der Waals surface area contributed by atoms with Gasteiger partial charge in [-0.2, -0.15) is 5.10 Å². The van der Waals surface area contributed by atoms with Crippen molar-refractivity contribution in [2.45, 2.75) is 26.0 Å². The molecule has 1 aliphatic rings. The van der Waals surface area contributed by atoms with E-state index in [0.29, 0.717) is 11.9 Å². The average Bonchev–Trinajstić information content (AvgIpc) is 2.73. The number of rotatable bonds is 4. The minimum Gasteiger partial charge on any atom is -0.382 e. The van der Waals surface area contributed by atoms with Crippen molar-refractivity contribution in [3.05, 3.63) is 12.3 Å². The van der Waals surface area contributed by atoms with Crippen LogP contribution in [0.4, 0.5) is 5.82 Å². The summed E-state index contributed by atoms with van der Waals surface area (Å²) in [6.07, 6.45) is 3.41. The van der Waals surface area contributed by atoms with Gasteiger partial charge in [0, 0.05) is 25.8 Å². The number of hydrogen-bond donors (Lipinski definition) is 1. The first-order valence-electron chi connectivity index (χ1n) is 5.91. The van der Waals surface area contributed by atoms with Crippen LogP contribution in [-0.2, 0) is 11.3 Å². The van der Waals surface area contributed by atoms with Gasteiger partial charge in [0.25, 0.3) is 0 Å². The van der Waals surface area contributed by atoms with Crippen molar-refractivity contribution in [1.29, 1.82) is 0 Å². The van der Waals surface area contributed by atoms with Crippen molar-refractivity contribution in [3.8, 4) is 0 Å². The van der Waals surface area contributed by atoms with E-state index >= 15 is 0 Å². The zero-order valence-electron chi connectivity index (χ0n) is 9.80. The van der Waals surface area contributed by atoms with Crippen molar-refractivity contribution in [2.24, 2.45) is 0 Å². The first-order valence-corrected chi connectivity index (χ1v) is 5.91. The molecule has 1 aromatic rings. The minimum absolute atomic E-state index is 0.399. The summed E-state index contributed by atoms with van der Waals surface area (Å²) in [6, 6.07) is 1.83. The first kappa shape index (κ1) is 11.4. The van der Waals surface area contributed by atoms with E-state index in [9.17, 15) is 0 Å². The Labute approximate surface area is 96.2 Å². The fraction of sp³-hybridized carbons (Fsp3) is 0.727. The second-order valence-electron chi connectivity index (χ2n) is 4.21. The van der Waals surface area contributed by atoms with Gasteiger partial charge in [-0.3, -0.25) is 9.58 Å². The maximum Gasteiger partial charge on any atom is 0.145 e. The summed E-state index contributed by atoms with van der Waals surface area (Å²) in [4.78, 5) is 2.43. The molecule has 5 heteroatoms. The maximum absolute atomic E-state index is 5.63. The summed E-state index contributed by atoms with van der Waals surface area (Å²) in [5.41, 5.74) is 5.57. The van der Waals surface area contributed by atoms with E-state index in [1.54, 1.807) is 0 Å². The number of morpholine rings is 1. The summed E-state index contributed by atoms with van der Waals surface area (Å²) in [5, 5.41) is 4.17. The van der Waals surface area contributed by atoms with Crippen molar-refractivity contribution in [1.82, 2.24) is 14.7 Å². The van der Waals surface area contributed by atoms with Crippen LogP contribution in [0.15, 0.2) is 12.3 Å². The van der Waals surface area contributed by atoms with Crippen LogP contribution in [0.2, 0.25) is 0 Å². The van der Waals surface area contributed by atoms with Gasteiger partial charge < -0.3 is 10.5 Å². The van der Waals surface area contributed by atoms with E-state index in [-0.39, 0.29) is 0 Å². The van der Waals surface area contributed by atoms with Crippen LogP contribution >= 0.6 is 0 Å².